The van der Waals surface area contributed by atoms with Crippen molar-refractivity contribution < 1.29 is 4.42 Å². The molecule has 0 saturated heterocycles. The molecular formula is C14H15N5O. The zero-order valence-electron chi connectivity index (χ0n) is 11.1. The van der Waals surface area contributed by atoms with E-state index in [4.69, 9.17) is 4.42 Å². The monoisotopic (exact) mass is 269 g/mol. The SMILES string of the molecule is C[C@H](NCc1nnnn1-c1ccccc1)c1ccco1. The molecule has 6 nitrogen and oxygen atoms in total. The van der Waals surface area contributed by atoms with Crippen LogP contribution in [-0.4, -0.2) is 20.2 Å². The van der Waals surface area contributed by atoms with Gasteiger partial charge in [0, 0.05) is 0 Å². The molecule has 3 rings (SSSR count). The Morgan fingerprint density at radius 3 is 2.80 bits per heavy atom. The van der Waals surface area contributed by atoms with Crippen molar-refractivity contribution in [3.8, 4) is 5.69 Å². The molecule has 2 heterocycles. The molecule has 0 aliphatic carbocycles. The van der Waals surface area contributed by atoms with Gasteiger partial charge in [-0.1, -0.05) is 18.2 Å². The minimum atomic E-state index is 0.103. The van der Waals surface area contributed by atoms with Gasteiger partial charge in [0.05, 0.1) is 24.5 Å². The fraction of sp³-hybridized carbons (Fsp3) is 0.214. The number of tetrazole rings is 1. The molecule has 0 unspecified atom stereocenters. The lowest BCUT2D eigenvalue weighted by molar-refractivity contribution is 0.425. The summed E-state index contributed by atoms with van der Waals surface area (Å²) in [5.41, 5.74) is 0.944. The van der Waals surface area contributed by atoms with Crippen LogP contribution in [0.5, 0.6) is 0 Å². The van der Waals surface area contributed by atoms with E-state index in [1.54, 1.807) is 10.9 Å². The third-order valence-electron chi connectivity index (χ3n) is 3.07. The smallest absolute Gasteiger partial charge is 0.170 e. The lowest BCUT2D eigenvalue weighted by Crippen LogP contribution is -2.20. The molecule has 0 amide bonds. The number of furan rings is 1. The Balaban J connectivity index is 1.72. The average molecular weight is 269 g/mol. The van der Waals surface area contributed by atoms with Crippen molar-refractivity contribution in [1.29, 1.82) is 0 Å². The molecule has 2 aromatic heterocycles. The number of aromatic nitrogens is 4. The fourth-order valence-corrected chi connectivity index (χ4v) is 1.97. The average Bonchev–Trinajstić information content (AvgIpc) is 3.17. The van der Waals surface area contributed by atoms with Crippen molar-refractivity contribution in [3.05, 3.63) is 60.3 Å². The molecule has 1 N–H and O–H groups in total. The maximum Gasteiger partial charge on any atom is 0.170 e. The normalized spacial score (nSPS) is 12.4. The number of nitrogens with zero attached hydrogens (tertiary/aromatic N) is 4. The van der Waals surface area contributed by atoms with Crippen molar-refractivity contribution in [1.82, 2.24) is 25.5 Å². The molecule has 0 fully saturated rings. The standard InChI is InChI=1S/C14H15N5O/c1-11(13-8-5-9-20-13)15-10-14-16-17-18-19(14)12-6-3-2-4-7-12/h2-9,11,15H,10H2,1H3/t11-/m0/s1. The Morgan fingerprint density at radius 1 is 1.20 bits per heavy atom. The third-order valence-corrected chi connectivity index (χ3v) is 3.07. The second kappa shape index (κ2) is 5.66. The van der Waals surface area contributed by atoms with Crippen LogP contribution >= 0.6 is 0 Å². The molecule has 1 atom stereocenters. The lowest BCUT2D eigenvalue weighted by atomic mass is 10.2. The van der Waals surface area contributed by atoms with Gasteiger partial charge < -0.3 is 9.73 Å². The quantitative estimate of drug-likeness (QED) is 0.768. The van der Waals surface area contributed by atoms with Crippen LogP contribution in [0.4, 0.5) is 0 Å². The van der Waals surface area contributed by atoms with Gasteiger partial charge in [0.15, 0.2) is 5.82 Å². The van der Waals surface area contributed by atoms with Crippen molar-refractivity contribution in [2.24, 2.45) is 0 Å². The first-order valence-corrected chi connectivity index (χ1v) is 6.44. The Labute approximate surface area is 116 Å². The lowest BCUT2D eigenvalue weighted by Gasteiger charge is -2.11. The summed E-state index contributed by atoms with van der Waals surface area (Å²) in [6.07, 6.45) is 1.67. The van der Waals surface area contributed by atoms with E-state index in [1.165, 1.54) is 0 Å². The summed E-state index contributed by atoms with van der Waals surface area (Å²) in [4.78, 5) is 0. The molecule has 102 valence electrons. The number of rotatable bonds is 5. The third kappa shape index (κ3) is 2.60. The Bertz CT molecular complexity index is 647. The van der Waals surface area contributed by atoms with E-state index in [2.05, 4.69) is 20.8 Å². The van der Waals surface area contributed by atoms with E-state index < -0.39 is 0 Å². The Hall–Kier alpha value is -2.47. The van der Waals surface area contributed by atoms with Crippen LogP contribution in [0, 0.1) is 0 Å². The van der Waals surface area contributed by atoms with E-state index in [0.717, 1.165) is 17.3 Å². The van der Waals surface area contributed by atoms with Gasteiger partial charge in [0.2, 0.25) is 0 Å². The first kappa shape index (κ1) is 12.6. The van der Waals surface area contributed by atoms with Crippen LogP contribution < -0.4 is 5.32 Å². The summed E-state index contributed by atoms with van der Waals surface area (Å²) in [5, 5.41) is 15.2. The van der Waals surface area contributed by atoms with Gasteiger partial charge in [-0.3, -0.25) is 0 Å². The van der Waals surface area contributed by atoms with Gasteiger partial charge in [-0.2, -0.15) is 4.68 Å². The molecule has 0 radical (unpaired) electrons. The van der Waals surface area contributed by atoms with E-state index in [9.17, 15) is 0 Å². The molecule has 1 aromatic carbocycles. The zero-order chi connectivity index (χ0) is 13.8. The van der Waals surface area contributed by atoms with E-state index in [0.29, 0.717) is 6.54 Å². The van der Waals surface area contributed by atoms with Crippen LogP contribution in [0.2, 0.25) is 0 Å². The Kier molecular flexibility index (Phi) is 3.56. The second-order valence-electron chi connectivity index (χ2n) is 4.46. The topological polar surface area (TPSA) is 68.8 Å². The molecule has 0 aliphatic heterocycles. The second-order valence-corrected chi connectivity index (χ2v) is 4.46. The van der Waals surface area contributed by atoms with Crippen molar-refractivity contribution in [2.75, 3.05) is 0 Å². The predicted molar refractivity (Wildman–Crippen MR) is 73.1 cm³/mol. The number of para-hydroxylation sites is 1. The maximum atomic E-state index is 5.36. The molecule has 3 aromatic rings. The highest BCUT2D eigenvalue weighted by Crippen LogP contribution is 2.13. The predicted octanol–water partition coefficient (Wildman–Crippen LogP) is 2.11. The highest BCUT2D eigenvalue weighted by atomic mass is 16.3. The molecule has 0 aliphatic rings. The van der Waals surface area contributed by atoms with E-state index in [-0.39, 0.29) is 6.04 Å². The minimum Gasteiger partial charge on any atom is -0.468 e. The molecule has 0 bridgehead atoms. The highest BCUT2D eigenvalue weighted by molar-refractivity contribution is 5.30. The van der Waals surface area contributed by atoms with Crippen LogP contribution in [0.3, 0.4) is 0 Å². The van der Waals surface area contributed by atoms with Crippen LogP contribution in [-0.2, 0) is 6.54 Å². The van der Waals surface area contributed by atoms with E-state index >= 15 is 0 Å². The van der Waals surface area contributed by atoms with Gasteiger partial charge in [-0.05, 0) is 41.6 Å². The number of nitrogens with one attached hydrogen (secondary N) is 1. The molecule has 20 heavy (non-hydrogen) atoms. The number of benzene rings is 1. The summed E-state index contributed by atoms with van der Waals surface area (Å²) in [7, 11) is 0. The maximum absolute atomic E-state index is 5.36. The van der Waals surface area contributed by atoms with Gasteiger partial charge >= 0.3 is 0 Å². The van der Waals surface area contributed by atoms with E-state index in [1.807, 2.05) is 49.4 Å². The summed E-state index contributed by atoms with van der Waals surface area (Å²) in [6, 6.07) is 13.7. The van der Waals surface area contributed by atoms with Crippen molar-refractivity contribution in [2.45, 2.75) is 19.5 Å². The summed E-state index contributed by atoms with van der Waals surface area (Å²) < 4.78 is 7.08. The largest absolute Gasteiger partial charge is 0.468 e. The van der Waals surface area contributed by atoms with Gasteiger partial charge in [0.25, 0.3) is 0 Å². The number of hydrogen-bond acceptors (Lipinski definition) is 5. The number of hydrogen-bond donors (Lipinski definition) is 1. The van der Waals surface area contributed by atoms with Gasteiger partial charge in [0.1, 0.15) is 5.76 Å². The molecule has 0 spiro atoms. The van der Waals surface area contributed by atoms with Gasteiger partial charge in [-0.25, -0.2) is 0 Å². The fourth-order valence-electron chi connectivity index (χ4n) is 1.97. The summed E-state index contributed by atoms with van der Waals surface area (Å²) in [6.45, 7) is 2.60. The Morgan fingerprint density at radius 2 is 2.05 bits per heavy atom. The van der Waals surface area contributed by atoms with Crippen molar-refractivity contribution >= 4 is 0 Å². The van der Waals surface area contributed by atoms with Crippen LogP contribution in [0.25, 0.3) is 5.69 Å². The van der Waals surface area contributed by atoms with Gasteiger partial charge in [-0.15, -0.1) is 5.10 Å². The first-order chi connectivity index (χ1) is 9.84. The van der Waals surface area contributed by atoms with Crippen LogP contribution in [0.15, 0.2) is 53.1 Å². The summed E-state index contributed by atoms with van der Waals surface area (Å²) in [5.74, 6) is 1.65. The van der Waals surface area contributed by atoms with Crippen molar-refractivity contribution in [3.63, 3.8) is 0 Å². The zero-order valence-corrected chi connectivity index (χ0v) is 11.1. The first-order valence-electron chi connectivity index (χ1n) is 6.44. The molecule has 6 heteroatoms. The molecule has 0 saturated carbocycles. The minimum absolute atomic E-state index is 0.103. The highest BCUT2D eigenvalue weighted by Gasteiger charge is 2.11. The molecular weight excluding hydrogens is 254 g/mol. The summed E-state index contributed by atoms with van der Waals surface area (Å²) >= 11 is 0. The van der Waals surface area contributed by atoms with Crippen LogP contribution in [0.1, 0.15) is 24.6 Å².